The molecule has 4 rings (SSSR count). The van der Waals surface area contributed by atoms with Gasteiger partial charge in [0.2, 0.25) is 0 Å². The minimum Gasteiger partial charge on any atom is -0.481 e. The second kappa shape index (κ2) is 13.0. The van der Waals surface area contributed by atoms with Gasteiger partial charge in [-0.1, -0.05) is 30.3 Å². The van der Waals surface area contributed by atoms with Crippen molar-refractivity contribution in [2.45, 2.75) is 57.3 Å². The Balaban J connectivity index is 0.000000302. The van der Waals surface area contributed by atoms with Gasteiger partial charge < -0.3 is 25.5 Å². The van der Waals surface area contributed by atoms with E-state index in [1.165, 1.54) is 11.6 Å². The van der Waals surface area contributed by atoms with Crippen molar-refractivity contribution in [1.82, 2.24) is 14.7 Å². The molecule has 1 aliphatic rings. The summed E-state index contributed by atoms with van der Waals surface area (Å²) in [5.74, 6) is -5.34. The molecule has 12 heteroatoms. The number of aliphatic carboxylic acids is 3. The van der Waals surface area contributed by atoms with Gasteiger partial charge in [-0.05, 0) is 56.5 Å². The highest BCUT2D eigenvalue weighted by Gasteiger charge is 2.41. The highest BCUT2D eigenvalue weighted by atomic mass is 19.1. The lowest BCUT2D eigenvalue weighted by Crippen LogP contribution is -2.42. The molecule has 2 heterocycles. The number of benzene rings is 2. The Hall–Kier alpha value is -4.13. The van der Waals surface area contributed by atoms with Crippen LogP contribution in [-0.4, -0.2) is 76.8 Å². The van der Waals surface area contributed by atoms with Crippen molar-refractivity contribution >= 4 is 17.9 Å². The van der Waals surface area contributed by atoms with E-state index in [-0.39, 0.29) is 5.82 Å². The number of rotatable bonds is 9. The number of halogens is 1. The zero-order valence-corrected chi connectivity index (χ0v) is 22.8. The summed E-state index contributed by atoms with van der Waals surface area (Å²) in [5, 5.41) is 49.3. The van der Waals surface area contributed by atoms with Crippen LogP contribution in [0.15, 0.2) is 54.6 Å². The van der Waals surface area contributed by atoms with Crippen LogP contribution < -0.4 is 0 Å². The second-order valence-corrected chi connectivity index (χ2v) is 10.3. The Morgan fingerprint density at radius 2 is 1.56 bits per heavy atom. The number of piperidine rings is 1. The minimum absolute atomic E-state index is 0.323. The maximum absolute atomic E-state index is 14.1. The molecule has 0 aliphatic carbocycles. The lowest BCUT2D eigenvalue weighted by Gasteiger charge is -2.38. The van der Waals surface area contributed by atoms with Crippen LogP contribution in [0.1, 0.15) is 48.2 Å². The molecule has 2 aromatic carbocycles. The van der Waals surface area contributed by atoms with Crippen LogP contribution in [0, 0.1) is 19.7 Å². The van der Waals surface area contributed by atoms with Gasteiger partial charge in [0.05, 0.1) is 29.8 Å². The van der Waals surface area contributed by atoms with E-state index in [1.54, 1.807) is 18.2 Å². The maximum atomic E-state index is 14.1. The first-order chi connectivity index (χ1) is 19.2. The number of likely N-dealkylation sites (tertiary alicyclic amines) is 1. The lowest BCUT2D eigenvalue weighted by molar-refractivity contribution is -0.170. The topological polar surface area (TPSA) is 173 Å². The molecule has 0 saturated carbocycles. The van der Waals surface area contributed by atoms with E-state index >= 15 is 0 Å². The lowest BCUT2D eigenvalue weighted by atomic mass is 9.84. The zero-order valence-electron chi connectivity index (χ0n) is 22.8. The normalized spacial score (nSPS) is 15.0. The summed E-state index contributed by atoms with van der Waals surface area (Å²) in [6.07, 6.45) is -1.22. The molecular formula is C29H34FN3O8. The average Bonchev–Trinajstić information content (AvgIpc) is 3.23. The van der Waals surface area contributed by atoms with Gasteiger partial charge in [0.15, 0.2) is 5.60 Å². The molecule has 220 valence electrons. The first-order valence-corrected chi connectivity index (χ1v) is 12.9. The number of carboxylic acids is 3. The van der Waals surface area contributed by atoms with Crippen LogP contribution in [0.2, 0.25) is 0 Å². The molecule has 1 aromatic heterocycles. The fourth-order valence-corrected chi connectivity index (χ4v) is 4.84. The second-order valence-electron chi connectivity index (χ2n) is 10.3. The Morgan fingerprint density at radius 1 is 0.951 bits per heavy atom. The van der Waals surface area contributed by atoms with Gasteiger partial charge in [-0.25, -0.2) is 13.9 Å². The third-order valence-electron chi connectivity index (χ3n) is 6.91. The number of aliphatic hydroxyl groups is 2. The molecule has 0 bridgehead atoms. The summed E-state index contributed by atoms with van der Waals surface area (Å²) in [4.78, 5) is 32.8. The molecule has 11 nitrogen and oxygen atoms in total. The molecule has 3 aromatic rings. The van der Waals surface area contributed by atoms with Gasteiger partial charge in [-0.15, -0.1) is 0 Å². The van der Waals surface area contributed by atoms with Crippen LogP contribution in [0.5, 0.6) is 0 Å². The summed E-state index contributed by atoms with van der Waals surface area (Å²) >= 11 is 0. The number of carbonyl (C=O) groups is 3. The van der Waals surface area contributed by atoms with Crippen molar-refractivity contribution in [1.29, 1.82) is 0 Å². The third kappa shape index (κ3) is 8.19. The molecule has 0 atom stereocenters. The smallest absolute Gasteiger partial charge is 0.336 e. The summed E-state index contributed by atoms with van der Waals surface area (Å²) < 4.78 is 16.1. The number of carboxylic acid groups (broad SMARTS) is 3. The van der Waals surface area contributed by atoms with Crippen molar-refractivity contribution in [3.8, 4) is 5.69 Å². The fraction of sp³-hybridized carbons (Fsp3) is 0.379. The van der Waals surface area contributed by atoms with Gasteiger partial charge >= 0.3 is 17.9 Å². The van der Waals surface area contributed by atoms with E-state index in [2.05, 4.69) is 47.3 Å². The van der Waals surface area contributed by atoms with Crippen LogP contribution in [0.4, 0.5) is 4.39 Å². The molecule has 41 heavy (non-hydrogen) atoms. The molecule has 0 radical (unpaired) electrons. The molecule has 1 saturated heterocycles. The molecule has 1 fully saturated rings. The highest BCUT2D eigenvalue weighted by Crippen LogP contribution is 2.34. The van der Waals surface area contributed by atoms with Crippen LogP contribution in [0.3, 0.4) is 0 Å². The molecule has 0 unspecified atom stereocenters. The Labute approximate surface area is 236 Å². The Kier molecular flexibility index (Phi) is 9.97. The quantitative estimate of drug-likeness (QED) is 0.257. The first-order valence-electron chi connectivity index (χ1n) is 12.9. The SMILES string of the molecule is Cc1cc(C)n(-c2cccc(CN3CCC(O)(c4ccccc4F)CC3)c2)n1.O=C(O)CC(O)(CC(=O)O)C(=O)O. The summed E-state index contributed by atoms with van der Waals surface area (Å²) in [6, 6.07) is 17.0. The third-order valence-corrected chi connectivity index (χ3v) is 6.91. The van der Waals surface area contributed by atoms with E-state index in [1.807, 2.05) is 11.6 Å². The fourth-order valence-electron chi connectivity index (χ4n) is 4.84. The summed E-state index contributed by atoms with van der Waals surface area (Å²) in [7, 11) is 0. The molecule has 0 spiro atoms. The largest absolute Gasteiger partial charge is 0.481 e. The van der Waals surface area contributed by atoms with E-state index in [4.69, 9.17) is 20.4 Å². The first kappa shape index (κ1) is 31.4. The number of aromatic nitrogens is 2. The van der Waals surface area contributed by atoms with Crippen molar-refractivity contribution < 1.29 is 44.3 Å². The van der Waals surface area contributed by atoms with Gasteiger partial charge in [-0.2, -0.15) is 5.10 Å². The molecule has 5 N–H and O–H groups in total. The average molecular weight is 572 g/mol. The number of nitrogens with zero attached hydrogens (tertiary/aromatic N) is 3. The van der Waals surface area contributed by atoms with Gasteiger partial charge in [0.25, 0.3) is 0 Å². The van der Waals surface area contributed by atoms with Crippen molar-refractivity contribution in [3.63, 3.8) is 0 Å². The van der Waals surface area contributed by atoms with Gasteiger partial charge in [0.1, 0.15) is 5.82 Å². The standard InChI is InChI=1S/C23H26FN3O.C6H8O7/c1-17-14-18(2)27(25-17)20-7-5-6-19(15-20)16-26-12-10-23(28,11-13-26)21-8-3-4-9-22(21)24;7-3(8)1-6(13,5(11)12)2-4(9)10/h3-9,14-15,28H,10-13,16H2,1-2H3;13H,1-2H2,(H,7,8)(H,9,10)(H,11,12). The summed E-state index contributed by atoms with van der Waals surface area (Å²) in [6.45, 7) is 6.32. The van der Waals surface area contributed by atoms with Crippen molar-refractivity contribution in [2.24, 2.45) is 0 Å². The number of hydrogen-bond acceptors (Lipinski definition) is 7. The molecule has 0 amide bonds. The Morgan fingerprint density at radius 3 is 2.07 bits per heavy atom. The van der Waals surface area contributed by atoms with Crippen LogP contribution in [-0.2, 0) is 26.5 Å². The van der Waals surface area contributed by atoms with Crippen molar-refractivity contribution in [2.75, 3.05) is 13.1 Å². The van der Waals surface area contributed by atoms with Crippen molar-refractivity contribution in [3.05, 3.63) is 82.9 Å². The number of hydrogen-bond donors (Lipinski definition) is 5. The Bertz CT molecular complexity index is 1380. The summed E-state index contributed by atoms with van der Waals surface area (Å²) in [5.41, 5.74) is 0.991. The molecule has 1 aliphatic heterocycles. The predicted molar refractivity (Wildman–Crippen MR) is 145 cm³/mol. The highest BCUT2D eigenvalue weighted by molar-refractivity contribution is 5.88. The molecular weight excluding hydrogens is 537 g/mol. The van der Waals surface area contributed by atoms with E-state index < -0.39 is 42.0 Å². The minimum atomic E-state index is -2.74. The van der Waals surface area contributed by atoms with E-state index in [0.29, 0.717) is 18.4 Å². The monoisotopic (exact) mass is 571 g/mol. The van der Waals surface area contributed by atoms with E-state index in [9.17, 15) is 23.9 Å². The predicted octanol–water partition coefficient (Wildman–Crippen LogP) is 2.86. The van der Waals surface area contributed by atoms with Gasteiger partial charge in [0, 0.05) is 30.9 Å². The van der Waals surface area contributed by atoms with E-state index in [0.717, 1.165) is 36.7 Å². The number of aryl methyl sites for hydroxylation is 2. The van der Waals surface area contributed by atoms with Crippen LogP contribution in [0.25, 0.3) is 5.69 Å². The zero-order chi connectivity index (χ0) is 30.4. The van der Waals surface area contributed by atoms with Gasteiger partial charge in [-0.3, -0.25) is 14.5 Å². The maximum Gasteiger partial charge on any atom is 0.336 e. The van der Waals surface area contributed by atoms with Crippen LogP contribution >= 0.6 is 0 Å².